The van der Waals surface area contributed by atoms with Gasteiger partial charge in [0.15, 0.2) is 0 Å². The van der Waals surface area contributed by atoms with Gasteiger partial charge >= 0.3 is 5.97 Å². The summed E-state index contributed by atoms with van der Waals surface area (Å²) >= 11 is 0. The van der Waals surface area contributed by atoms with Crippen molar-refractivity contribution in [3.63, 3.8) is 0 Å². The van der Waals surface area contributed by atoms with Crippen molar-refractivity contribution >= 4 is 11.9 Å². The number of amides is 1. The molecule has 5 heteroatoms. The third-order valence-electron chi connectivity index (χ3n) is 4.48. The zero-order valence-electron chi connectivity index (χ0n) is 12.2. The van der Waals surface area contributed by atoms with Gasteiger partial charge in [-0.2, -0.15) is 0 Å². The monoisotopic (exact) mass is 270 g/mol. The maximum absolute atomic E-state index is 12.5. The predicted molar refractivity (Wildman–Crippen MR) is 73.8 cm³/mol. The second-order valence-electron chi connectivity index (χ2n) is 5.56. The summed E-state index contributed by atoms with van der Waals surface area (Å²) in [5.74, 6) is -1.09. The molecule has 1 saturated heterocycles. The number of carbonyl (C=O) groups excluding carboxylic acids is 1. The molecule has 1 amide bonds. The van der Waals surface area contributed by atoms with Gasteiger partial charge in [-0.25, -0.2) is 4.79 Å². The zero-order valence-corrected chi connectivity index (χ0v) is 12.2. The lowest BCUT2D eigenvalue weighted by atomic mass is 9.75. The van der Waals surface area contributed by atoms with Crippen molar-refractivity contribution < 1.29 is 14.7 Å². The molecule has 0 aliphatic carbocycles. The minimum absolute atomic E-state index is 0.0583. The smallest absolute Gasteiger partial charge is 0.326 e. The Hall–Kier alpha value is -1.10. The molecule has 2 atom stereocenters. The lowest BCUT2D eigenvalue weighted by Gasteiger charge is -2.36. The second-order valence-corrected chi connectivity index (χ2v) is 5.56. The number of aliphatic carboxylic acids is 1. The van der Waals surface area contributed by atoms with Gasteiger partial charge in [-0.15, -0.1) is 0 Å². The Morgan fingerprint density at radius 2 is 1.89 bits per heavy atom. The van der Waals surface area contributed by atoms with Gasteiger partial charge < -0.3 is 15.7 Å². The highest BCUT2D eigenvalue weighted by atomic mass is 16.4. The summed E-state index contributed by atoms with van der Waals surface area (Å²) in [5, 5.41) is 15.3. The molecule has 1 fully saturated rings. The van der Waals surface area contributed by atoms with Crippen LogP contribution in [0.25, 0.3) is 0 Å². The van der Waals surface area contributed by atoms with Crippen LogP contribution < -0.4 is 10.6 Å². The Morgan fingerprint density at radius 1 is 1.32 bits per heavy atom. The highest BCUT2D eigenvalue weighted by molar-refractivity contribution is 5.87. The Labute approximate surface area is 115 Å². The van der Waals surface area contributed by atoms with Crippen LogP contribution in [-0.4, -0.2) is 36.1 Å². The number of rotatable bonds is 6. The summed E-state index contributed by atoms with van der Waals surface area (Å²) in [5.41, 5.74) is -0.396. The molecule has 1 aliphatic heterocycles. The molecule has 110 valence electrons. The van der Waals surface area contributed by atoms with Gasteiger partial charge in [-0.1, -0.05) is 27.2 Å². The van der Waals surface area contributed by atoms with Crippen molar-refractivity contribution in [3.05, 3.63) is 0 Å². The Bertz CT molecular complexity index is 325. The molecule has 19 heavy (non-hydrogen) atoms. The van der Waals surface area contributed by atoms with E-state index in [0.717, 1.165) is 38.8 Å². The van der Waals surface area contributed by atoms with Crippen molar-refractivity contribution in [2.75, 3.05) is 13.1 Å². The number of nitrogens with one attached hydrogen (secondary N) is 2. The molecule has 3 N–H and O–H groups in total. The summed E-state index contributed by atoms with van der Waals surface area (Å²) in [4.78, 5) is 23.8. The van der Waals surface area contributed by atoms with Gasteiger partial charge in [-0.3, -0.25) is 4.79 Å². The van der Waals surface area contributed by atoms with Gasteiger partial charge in [0.1, 0.15) is 6.04 Å². The molecule has 0 radical (unpaired) electrons. The summed E-state index contributed by atoms with van der Waals surface area (Å²) in [6, 6.07) is -0.782. The van der Waals surface area contributed by atoms with Gasteiger partial charge in [0, 0.05) is 0 Å². The molecule has 0 bridgehead atoms. The topological polar surface area (TPSA) is 78.4 Å². The van der Waals surface area contributed by atoms with Crippen LogP contribution in [0.5, 0.6) is 0 Å². The van der Waals surface area contributed by atoms with Gasteiger partial charge in [-0.05, 0) is 38.3 Å². The van der Waals surface area contributed by atoms with E-state index in [-0.39, 0.29) is 11.8 Å². The fourth-order valence-electron chi connectivity index (χ4n) is 2.62. The highest BCUT2D eigenvalue weighted by Gasteiger charge is 2.40. The normalized spacial score (nSPS) is 21.4. The van der Waals surface area contributed by atoms with Crippen LogP contribution in [0.4, 0.5) is 0 Å². The van der Waals surface area contributed by atoms with Crippen LogP contribution in [0.1, 0.15) is 46.5 Å². The van der Waals surface area contributed by atoms with E-state index in [1.165, 1.54) is 0 Å². The van der Waals surface area contributed by atoms with Crippen LogP contribution in [0.3, 0.4) is 0 Å². The van der Waals surface area contributed by atoms with Crippen molar-refractivity contribution in [1.82, 2.24) is 10.6 Å². The first-order valence-electron chi connectivity index (χ1n) is 7.21. The Balaban J connectivity index is 2.77. The van der Waals surface area contributed by atoms with Crippen LogP contribution >= 0.6 is 0 Å². The molecule has 5 nitrogen and oxygen atoms in total. The third kappa shape index (κ3) is 3.69. The first kappa shape index (κ1) is 16.0. The standard InChI is InChI=1S/C14H26N2O3/c1-4-10(3)11(12(17)18)16-13(19)14(5-2)6-8-15-9-7-14/h10-11,15H,4-9H2,1-3H3,(H,16,19)(H,17,18). The van der Waals surface area contributed by atoms with Crippen LogP contribution in [0, 0.1) is 11.3 Å². The first-order valence-corrected chi connectivity index (χ1v) is 7.21. The van der Waals surface area contributed by atoms with E-state index < -0.39 is 17.4 Å². The summed E-state index contributed by atoms with van der Waals surface area (Å²) in [6.07, 6.45) is 3.05. The number of carboxylic acid groups (broad SMARTS) is 1. The molecule has 0 aromatic carbocycles. The molecule has 0 aromatic heterocycles. The van der Waals surface area contributed by atoms with E-state index in [1.807, 2.05) is 20.8 Å². The van der Waals surface area contributed by atoms with Crippen molar-refractivity contribution in [1.29, 1.82) is 0 Å². The van der Waals surface area contributed by atoms with Gasteiger partial charge in [0.2, 0.25) is 5.91 Å². The van der Waals surface area contributed by atoms with Crippen LogP contribution in [0.2, 0.25) is 0 Å². The zero-order chi connectivity index (χ0) is 14.5. The maximum Gasteiger partial charge on any atom is 0.326 e. The Morgan fingerprint density at radius 3 is 2.32 bits per heavy atom. The summed E-state index contributed by atoms with van der Waals surface area (Å²) < 4.78 is 0. The first-order chi connectivity index (χ1) is 8.96. The fraction of sp³-hybridized carbons (Fsp3) is 0.857. The van der Waals surface area contributed by atoms with Crippen molar-refractivity contribution in [2.24, 2.45) is 11.3 Å². The van der Waals surface area contributed by atoms with Crippen molar-refractivity contribution in [2.45, 2.75) is 52.5 Å². The van der Waals surface area contributed by atoms with E-state index in [9.17, 15) is 14.7 Å². The highest BCUT2D eigenvalue weighted by Crippen LogP contribution is 2.33. The molecule has 0 aromatic rings. The average molecular weight is 270 g/mol. The fourth-order valence-corrected chi connectivity index (χ4v) is 2.62. The molecule has 0 spiro atoms. The number of carboxylic acids is 1. The molecule has 0 saturated carbocycles. The average Bonchev–Trinajstić information content (AvgIpc) is 2.43. The molecule has 2 unspecified atom stereocenters. The van der Waals surface area contributed by atoms with Gasteiger partial charge in [0.05, 0.1) is 5.41 Å². The minimum atomic E-state index is -0.942. The lowest BCUT2D eigenvalue weighted by Crippen LogP contribution is -2.53. The summed E-state index contributed by atoms with van der Waals surface area (Å²) in [7, 11) is 0. The second kappa shape index (κ2) is 6.89. The van der Waals surface area contributed by atoms with E-state index in [4.69, 9.17) is 0 Å². The van der Waals surface area contributed by atoms with E-state index >= 15 is 0 Å². The molecular formula is C14H26N2O3. The number of piperidine rings is 1. The van der Waals surface area contributed by atoms with E-state index in [2.05, 4.69) is 10.6 Å². The lowest BCUT2D eigenvalue weighted by molar-refractivity contribution is -0.146. The predicted octanol–water partition coefficient (Wildman–Crippen LogP) is 1.38. The third-order valence-corrected chi connectivity index (χ3v) is 4.48. The maximum atomic E-state index is 12.5. The quantitative estimate of drug-likeness (QED) is 0.681. The molecule has 1 rings (SSSR count). The summed E-state index contributed by atoms with van der Waals surface area (Å²) in [6.45, 7) is 7.45. The van der Waals surface area contributed by atoms with Crippen LogP contribution in [0.15, 0.2) is 0 Å². The number of hydrogen-bond acceptors (Lipinski definition) is 3. The van der Waals surface area contributed by atoms with Crippen molar-refractivity contribution in [3.8, 4) is 0 Å². The molecule has 1 aliphatic rings. The van der Waals surface area contributed by atoms with Gasteiger partial charge in [0.25, 0.3) is 0 Å². The van der Waals surface area contributed by atoms with E-state index in [1.54, 1.807) is 0 Å². The SMILES string of the molecule is CCC(C)C(NC(=O)C1(CC)CCNCC1)C(=O)O. The van der Waals surface area contributed by atoms with E-state index in [0.29, 0.717) is 0 Å². The molecule has 1 heterocycles. The molecular weight excluding hydrogens is 244 g/mol. The Kier molecular flexibility index (Phi) is 5.79. The minimum Gasteiger partial charge on any atom is -0.480 e. The number of carbonyl (C=O) groups is 2. The largest absolute Gasteiger partial charge is 0.480 e. The van der Waals surface area contributed by atoms with Crippen LogP contribution in [-0.2, 0) is 9.59 Å². The number of hydrogen-bond donors (Lipinski definition) is 3.